The predicted molar refractivity (Wildman–Crippen MR) is 75.1 cm³/mol. The van der Waals surface area contributed by atoms with Crippen molar-refractivity contribution in [2.75, 3.05) is 10.5 Å². The van der Waals surface area contributed by atoms with E-state index in [1.165, 1.54) is 0 Å². The Morgan fingerprint density at radius 3 is 2.83 bits per heavy atom. The van der Waals surface area contributed by atoms with E-state index in [0.29, 0.717) is 5.69 Å². The highest BCUT2D eigenvalue weighted by molar-refractivity contribution is 9.10. The average molecular weight is 332 g/mol. The molecule has 0 saturated heterocycles. The van der Waals surface area contributed by atoms with Crippen LogP contribution < -0.4 is 4.72 Å². The van der Waals surface area contributed by atoms with Crippen molar-refractivity contribution >= 4 is 37.3 Å². The molecule has 0 unspecified atom stereocenters. The van der Waals surface area contributed by atoms with Crippen molar-refractivity contribution in [3.05, 3.63) is 29.1 Å². The van der Waals surface area contributed by atoms with E-state index in [-0.39, 0.29) is 11.7 Å². The zero-order valence-electron chi connectivity index (χ0n) is 10.1. The van der Waals surface area contributed by atoms with E-state index in [2.05, 4.69) is 25.6 Å². The summed E-state index contributed by atoms with van der Waals surface area (Å²) in [6.07, 6.45) is 3.37. The molecule has 0 saturated carbocycles. The average Bonchev–Trinajstić information content (AvgIpc) is 2.58. The Hall–Kier alpha value is -1.08. The molecule has 2 aromatic heterocycles. The Morgan fingerprint density at radius 1 is 1.44 bits per heavy atom. The summed E-state index contributed by atoms with van der Waals surface area (Å²) in [6.45, 7) is 3.74. The maximum atomic E-state index is 11.8. The third kappa shape index (κ3) is 3.02. The molecule has 0 aromatic carbocycles. The lowest BCUT2D eigenvalue weighted by Crippen LogP contribution is -2.20. The minimum absolute atomic E-state index is 0.0891. The summed E-state index contributed by atoms with van der Waals surface area (Å²) in [7, 11) is -3.30. The quantitative estimate of drug-likeness (QED) is 0.936. The highest BCUT2D eigenvalue weighted by atomic mass is 79.9. The van der Waals surface area contributed by atoms with E-state index in [4.69, 9.17) is 0 Å². The Balaban J connectivity index is 2.29. The van der Waals surface area contributed by atoms with Crippen molar-refractivity contribution in [2.24, 2.45) is 5.92 Å². The van der Waals surface area contributed by atoms with Crippen LogP contribution >= 0.6 is 15.9 Å². The van der Waals surface area contributed by atoms with Crippen LogP contribution in [0.15, 0.2) is 29.1 Å². The van der Waals surface area contributed by atoms with Gasteiger partial charge in [-0.25, -0.2) is 13.4 Å². The number of sulfonamides is 1. The third-order valence-electron chi connectivity index (χ3n) is 2.29. The summed E-state index contributed by atoms with van der Waals surface area (Å²) in [5, 5.41) is 0. The van der Waals surface area contributed by atoms with Crippen LogP contribution in [0.4, 0.5) is 5.69 Å². The van der Waals surface area contributed by atoms with Crippen molar-refractivity contribution in [1.29, 1.82) is 0 Å². The molecule has 98 valence electrons. The predicted octanol–water partition coefficient (Wildman–Crippen LogP) is 2.49. The van der Waals surface area contributed by atoms with Crippen molar-refractivity contribution in [2.45, 2.75) is 13.8 Å². The molecule has 0 atom stereocenters. The molecule has 0 spiro atoms. The van der Waals surface area contributed by atoms with Crippen LogP contribution in [-0.2, 0) is 10.0 Å². The van der Waals surface area contributed by atoms with Gasteiger partial charge in [0.2, 0.25) is 10.0 Å². The summed E-state index contributed by atoms with van der Waals surface area (Å²) in [5.41, 5.74) is 1.29. The molecule has 5 nitrogen and oxygen atoms in total. The highest BCUT2D eigenvalue weighted by Crippen LogP contribution is 2.17. The number of imidazole rings is 1. The van der Waals surface area contributed by atoms with Gasteiger partial charge in [0.1, 0.15) is 10.3 Å². The molecular formula is C11H14BrN3O2S. The second-order valence-electron chi connectivity index (χ2n) is 4.50. The fourth-order valence-electron chi connectivity index (χ4n) is 1.67. The molecule has 0 bridgehead atoms. The summed E-state index contributed by atoms with van der Waals surface area (Å²) in [6, 6.07) is 3.46. The molecule has 0 fully saturated rings. The van der Waals surface area contributed by atoms with Gasteiger partial charge in [0, 0.05) is 6.20 Å². The Kier molecular flexibility index (Phi) is 3.63. The summed E-state index contributed by atoms with van der Waals surface area (Å²) in [5.74, 6) is 0.196. The van der Waals surface area contributed by atoms with Crippen molar-refractivity contribution < 1.29 is 8.42 Å². The lowest BCUT2D eigenvalue weighted by Gasteiger charge is -2.10. The van der Waals surface area contributed by atoms with Crippen molar-refractivity contribution in [3.63, 3.8) is 0 Å². The zero-order chi connectivity index (χ0) is 13.3. The molecule has 18 heavy (non-hydrogen) atoms. The van der Waals surface area contributed by atoms with Gasteiger partial charge in [0.05, 0.1) is 17.6 Å². The Bertz CT molecular complexity index is 664. The van der Waals surface area contributed by atoms with E-state index >= 15 is 0 Å². The lowest BCUT2D eigenvalue weighted by atomic mass is 10.3. The van der Waals surface area contributed by atoms with Crippen LogP contribution in [0.5, 0.6) is 0 Å². The van der Waals surface area contributed by atoms with Gasteiger partial charge in [-0.3, -0.25) is 9.12 Å². The second-order valence-corrected chi connectivity index (χ2v) is 7.08. The fourth-order valence-corrected chi connectivity index (χ4v) is 3.50. The first-order valence-electron chi connectivity index (χ1n) is 5.50. The van der Waals surface area contributed by atoms with Gasteiger partial charge in [0.25, 0.3) is 0 Å². The molecule has 7 heteroatoms. The summed E-state index contributed by atoms with van der Waals surface area (Å²) < 4.78 is 28.8. The van der Waals surface area contributed by atoms with E-state index < -0.39 is 10.0 Å². The van der Waals surface area contributed by atoms with E-state index in [1.807, 2.05) is 13.8 Å². The molecule has 0 aliphatic rings. The monoisotopic (exact) mass is 331 g/mol. The van der Waals surface area contributed by atoms with Crippen LogP contribution in [0, 0.1) is 5.92 Å². The van der Waals surface area contributed by atoms with Gasteiger partial charge in [-0.1, -0.05) is 13.8 Å². The smallest absolute Gasteiger partial charge is 0.233 e. The van der Waals surface area contributed by atoms with Crippen molar-refractivity contribution in [3.8, 4) is 0 Å². The van der Waals surface area contributed by atoms with Crippen molar-refractivity contribution in [1.82, 2.24) is 9.38 Å². The normalized spacial score (nSPS) is 12.2. The van der Waals surface area contributed by atoms with Gasteiger partial charge in [-0.05, 0) is 34.0 Å². The standard InChI is InChI=1S/C11H14BrN3O2S/c1-8(2)7-18(16,17)14-9-3-4-11-13-5-10(12)15(11)6-9/h3-6,8,14H,7H2,1-2H3. The first kappa shape index (κ1) is 13.4. The topological polar surface area (TPSA) is 63.5 Å². The van der Waals surface area contributed by atoms with Crippen LogP contribution in [0.2, 0.25) is 0 Å². The van der Waals surface area contributed by atoms with Crippen LogP contribution in [0.3, 0.4) is 0 Å². The third-order valence-corrected chi connectivity index (χ3v) is 4.53. The first-order valence-corrected chi connectivity index (χ1v) is 7.95. The number of hydrogen-bond acceptors (Lipinski definition) is 3. The van der Waals surface area contributed by atoms with E-state index in [0.717, 1.165) is 10.3 Å². The molecule has 0 radical (unpaired) electrons. The second kappa shape index (κ2) is 4.89. The van der Waals surface area contributed by atoms with Crippen LogP contribution in [0.25, 0.3) is 5.65 Å². The number of aromatic nitrogens is 2. The number of pyridine rings is 1. The van der Waals surface area contributed by atoms with E-state index in [1.54, 1.807) is 28.9 Å². The minimum atomic E-state index is -3.30. The molecular weight excluding hydrogens is 318 g/mol. The van der Waals surface area contributed by atoms with Crippen LogP contribution in [-0.4, -0.2) is 23.6 Å². The molecule has 0 aliphatic carbocycles. The number of fused-ring (bicyclic) bond motifs is 1. The summed E-state index contributed by atoms with van der Waals surface area (Å²) >= 11 is 3.34. The molecule has 0 aliphatic heterocycles. The molecule has 2 heterocycles. The number of anilines is 1. The van der Waals surface area contributed by atoms with E-state index in [9.17, 15) is 8.42 Å². The minimum Gasteiger partial charge on any atom is -0.292 e. The number of halogens is 1. The van der Waals surface area contributed by atoms with Gasteiger partial charge in [0.15, 0.2) is 0 Å². The SMILES string of the molecule is CC(C)CS(=O)(=O)Nc1ccc2ncc(Br)n2c1. The molecule has 2 aromatic rings. The number of hydrogen-bond donors (Lipinski definition) is 1. The molecule has 2 rings (SSSR count). The number of nitrogens with one attached hydrogen (secondary N) is 1. The maximum absolute atomic E-state index is 11.8. The van der Waals surface area contributed by atoms with Gasteiger partial charge < -0.3 is 0 Å². The largest absolute Gasteiger partial charge is 0.292 e. The molecule has 1 N–H and O–H groups in total. The number of rotatable bonds is 4. The fraction of sp³-hybridized carbons (Fsp3) is 0.364. The van der Waals surface area contributed by atoms with Gasteiger partial charge in [-0.15, -0.1) is 0 Å². The Labute approximate surface area is 114 Å². The zero-order valence-corrected chi connectivity index (χ0v) is 12.5. The van der Waals surface area contributed by atoms with Gasteiger partial charge >= 0.3 is 0 Å². The lowest BCUT2D eigenvalue weighted by molar-refractivity contribution is 0.587. The number of nitrogens with zero attached hydrogens (tertiary/aromatic N) is 2. The Morgan fingerprint density at radius 2 is 2.17 bits per heavy atom. The highest BCUT2D eigenvalue weighted by Gasteiger charge is 2.13. The van der Waals surface area contributed by atoms with Gasteiger partial charge in [-0.2, -0.15) is 0 Å². The summed E-state index contributed by atoms with van der Waals surface area (Å²) in [4.78, 5) is 4.14. The van der Waals surface area contributed by atoms with Crippen LogP contribution in [0.1, 0.15) is 13.8 Å². The first-order chi connectivity index (χ1) is 8.37. The molecule has 0 amide bonds. The maximum Gasteiger partial charge on any atom is 0.233 e.